The van der Waals surface area contributed by atoms with Crippen molar-refractivity contribution in [3.8, 4) is 0 Å². The molecule has 0 fully saturated rings. The number of hydrogen-bond acceptors (Lipinski definition) is 2. The van der Waals surface area contributed by atoms with E-state index in [0.29, 0.717) is 16.1 Å². The topological polar surface area (TPSA) is 52.0 Å². The zero-order chi connectivity index (χ0) is 9.14. The van der Waals surface area contributed by atoms with E-state index in [1.54, 1.807) is 12.1 Å². The van der Waals surface area contributed by atoms with Crippen LogP contribution in [-0.2, 0) is 13.1 Å². The van der Waals surface area contributed by atoms with Gasteiger partial charge in [-0.1, -0.05) is 17.7 Å². The Bertz CT molecular complexity index is 289. The van der Waals surface area contributed by atoms with Gasteiger partial charge in [0.05, 0.1) is 0 Å². The van der Waals surface area contributed by atoms with Gasteiger partial charge in [0.25, 0.3) is 0 Å². The van der Waals surface area contributed by atoms with Crippen LogP contribution in [0.25, 0.3) is 0 Å². The van der Waals surface area contributed by atoms with Crippen LogP contribution in [0.15, 0.2) is 12.1 Å². The van der Waals surface area contributed by atoms with Crippen LogP contribution in [0.3, 0.4) is 0 Å². The van der Waals surface area contributed by atoms with Crippen molar-refractivity contribution >= 4 is 11.6 Å². The summed E-state index contributed by atoms with van der Waals surface area (Å²) in [4.78, 5) is 0. The van der Waals surface area contributed by atoms with Crippen molar-refractivity contribution in [1.82, 2.24) is 0 Å². The maximum Gasteiger partial charge on any atom is 0.133 e. The molecule has 0 bridgehead atoms. The van der Waals surface area contributed by atoms with Crippen LogP contribution in [0.5, 0.6) is 0 Å². The van der Waals surface area contributed by atoms with E-state index < -0.39 is 0 Å². The fraction of sp³-hybridized carbons (Fsp3) is 0.250. The molecule has 0 unspecified atom stereocenters. The molecule has 0 aliphatic carbocycles. The first-order chi connectivity index (χ1) is 5.70. The Kier molecular flexibility index (Phi) is 3.03. The molecule has 66 valence electrons. The Hall–Kier alpha value is -0.640. The van der Waals surface area contributed by atoms with Gasteiger partial charge in [0.15, 0.2) is 0 Å². The summed E-state index contributed by atoms with van der Waals surface area (Å²) < 4.78 is 13.3. The number of benzene rings is 1. The van der Waals surface area contributed by atoms with Crippen molar-refractivity contribution in [2.45, 2.75) is 13.1 Å². The first-order valence-electron chi connectivity index (χ1n) is 3.56. The van der Waals surface area contributed by atoms with Crippen molar-refractivity contribution in [3.63, 3.8) is 0 Å². The molecule has 0 aliphatic rings. The van der Waals surface area contributed by atoms with Crippen molar-refractivity contribution in [2.24, 2.45) is 11.5 Å². The summed E-state index contributed by atoms with van der Waals surface area (Å²) in [7, 11) is 0. The summed E-state index contributed by atoms with van der Waals surface area (Å²) in [6.07, 6.45) is 0. The average molecular weight is 189 g/mol. The molecule has 0 aliphatic heterocycles. The highest BCUT2D eigenvalue weighted by Crippen LogP contribution is 2.21. The molecule has 4 N–H and O–H groups in total. The van der Waals surface area contributed by atoms with Crippen molar-refractivity contribution in [3.05, 3.63) is 34.1 Å². The van der Waals surface area contributed by atoms with Crippen LogP contribution in [0.2, 0.25) is 5.02 Å². The van der Waals surface area contributed by atoms with Gasteiger partial charge in [-0.2, -0.15) is 0 Å². The molecule has 1 aromatic rings. The minimum atomic E-state index is -0.382. The van der Waals surface area contributed by atoms with E-state index in [1.807, 2.05) is 0 Å². The summed E-state index contributed by atoms with van der Waals surface area (Å²) in [5.41, 5.74) is 11.4. The molecule has 4 heteroatoms. The lowest BCUT2D eigenvalue weighted by molar-refractivity contribution is 0.594. The summed E-state index contributed by atoms with van der Waals surface area (Å²) in [5, 5.41) is 0.354. The van der Waals surface area contributed by atoms with Crippen molar-refractivity contribution in [1.29, 1.82) is 0 Å². The van der Waals surface area contributed by atoms with Crippen LogP contribution in [0.4, 0.5) is 4.39 Å². The molecule has 0 aromatic heterocycles. The lowest BCUT2D eigenvalue weighted by atomic mass is 10.1. The van der Waals surface area contributed by atoms with Gasteiger partial charge >= 0.3 is 0 Å². The Morgan fingerprint density at radius 3 is 2.42 bits per heavy atom. The Morgan fingerprint density at radius 1 is 1.25 bits per heavy atom. The summed E-state index contributed by atoms with van der Waals surface area (Å²) in [6, 6.07) is 3.17. The molecule has 1 aromatic carbocycles. The Morgan fingerprint density at radius 2 is 1.92 bits per heavy atom. The molecule has 2 nitrogen and oxygen atoms in total. The fourth-order valence-electron chi connectivity index (χ4n) is 0.991. The second kappa shape index (κ2) is 3.85. The molecule has 0 spiro atoms. The molecular weight excluding hydrogens is 179 g/mol. The van der Waals surface area contributed by atoms with Gasteiger partial charge in [0.2, 0.25) is 0 Å². The highest BCUT2D eigenvalue weighted by molar-refractivity contribution is 6.31. The van der Waals surface area contributed by atoms with Crippen LogP contribution >= 0.6 is 11.6 Å². The highest BCUT2D eigenvalue weighted by Gasteiger charge is 2.09. The smallest absolute Gasteiger partial charge is 0.133 e. The van der Waals surface area contributed by atoms with Crippen LogP contribution < -0.4 is 11.5 Å². The molecule has 0 heterocycles. The monoisotopic (exact) mass is 188 g/mol. The maximum absolute atomic E-state index is 13.3. The van der Waals surface area contributed by atoms with Gasteiger partial charge < -0.3 is 11.5 Å². The lowest BCUT2D eigenvalue weighted by Gasteiger charge is -2.06. The van der Waals surface area contributed by atoms with E-state index in [9.17, 15) is 4.39 Å². The van der Waals surface area contributed by atoms with Crippen LogP contribution in [0, 0.1) is 5.82 Å². The fourth-order valence-corrected chi connectivity index (χ4v) is 1.21. The number of nitrogens with two attached hydrogens (primary N) is 2. The van der Waals surface area contributed by atoms with Gasteiger partial charge in [-0.3, -0.25) is 0 Å². The number of halogens is 2. The number of rotatable bonds is 2. The minimum Gasteiger partial charge on any atom is -0.326 e. The molecule has 0 radical (unpaired) electrons. The molecule has 0 saturated carbocycles. The minimum absolute atomic E-state index is 0.0957. The maximum atomic E-state index is 13.3. The molecular formula is C8H10ClFN2. The summed E-state index contributed by atoms with van der Waals surface area (Å²) >= 11 is 5.70. The number of hydrogen-bond donors (Lipinski definition) is 2. The van der Waals surface area contributed by atoms with Gasteiger partial charge in [0, 0.05) is 29.2 Å². The zero-order valence-electron chi connectivity index (χ0n) is 6.48. The predicted octanol–water partition coefficient (Wildman–Crippen LogP) is 1.40. The van der Waals surface area contributed by atoms with Gasteiger partial charge in [-0.05, 0) is 6.07 Å². The lowest BCUT2D eigenvalue weighted by Crippen LogP contribution is -2.06. The Balaban J connectivity index is 3.24. The van der Waals surface area contributed by atoms with E-state index in [1.165, 1.54) is 0 Å². The first-order valence-corrected chi connectivity index (χ1v) is 3.94. The van der Waals surface area contributed by atoms with E-state index in [4.69, 9.17) is 23.1 Å². The molecule has 1 rings (SSSR count). The van der Waals surface area contributed by atoms with Crippen LogP contribution in [-0.4, -0.2) is 0 Å². The van der Waals surface area contributed by atoms with Crippen molar-refractivity contribution in [2.75, 3.05) is 0 Å². The molecule has 0 atom stereocenters. The summed E-state index contributed by atoms with van der Waals surface area (Å²) in [5.74, 6) is -0.382. The van der Waals surface area contributed by atoms with E-state index in [0.717, 1.165) is 0 Å². The third-order valence-corrected chi connectivity index (χ3v) is 2.04. The SMILES string of the molecule is NCc1ccc(Cl)c(CN)c1F. The molecule has 12 heavy (non-hydrogen) atoms. The third-order valence-electron chi connectivity index (χ3n) is 1.69. The largest absolute Gasteiger partial charge is 0.326 e. The second-order valence-electron chi connectivity index (χ2n) is 2.41. The molecule has 0 saturated heterocycles. The van der Waals surface area contributed by atoms with Gasteiger partial charge in [0.1, 0.15) is 5.82 Å². The predicted molar refractivity (Wildman–Crippen MR) is 47.2 cm³/mol. The molecule has 0 amide bonds. The Labute approximate surface area is 75.3 Å². The third kappa shape index (κ3) is 1.58. The van der Waals surface area contributed by atoms with E-state index >= 15 is 0 Å². The first kappa shape index (κ1) is 9.45. The van der Waals surface area contributed by atoms with Crippen molar-refractivity contribution < 1.29 is 4.39 Å². The van der Waals surface area contributed by atoms with E-state index in [-0.39, 0.29) is 18.9 Å². The quantitative estimate of drug-likeness (QED) is 0.737. The summed E-state index contributed by atoms with van der Waals surface area (Å²) in [6.45, 7) is 0.258. The van der Waals surface area contributed by atoms with Gasteiger partial charge in [-0.15, -0.1) is 0 Å². The van der Waals surface area contributed by atoms with Crippen LogP contribution in [0.1, 0.15) is 11.1 Å². The second-order valence-corrected chi connectivity index (χ2v) is 2.81. The van der Waals surface area contributed by atoms with E-state index in [2.05, 4.69) is 0 Å². The average Bonchev–Trinajstić information content (AvgIpc) is 2.06. The zero-order valence-corrected chi connectivity index (χ0v) is 7.24. The van der Waals surface area contributed by atoms with Gasteiger partial charge in [-0.25, -0.2) is 4.39 Å². The highest BCUT2D eigenvalue weighted by atomic mass is 35.5. The normalized spacial score (nSPS) is 10.3. The standard InChI is InChI=1S/C8H10ClFN2/c9-7-2-1-5(3-11)8(10)6(7)4-12/h1-2H,3-4,11-12H2.